The molecule has 172 valence electrons. The van der Waals surface area contributed by atoms with Gasteiger partial charge in [0, 0.05) is 0 Å². The summed E-state index contributed by atoms with van der Waals surface area (Å²) in [5.41, 5.74) is 8.25. The largest absolute Gasteiger partial charge is 0.370 e. The molecule has 3 aromatic carbocycles. The Morgan fingerprint density at radius 2 is 1.12 bits per heavy atom. The van der Waals surface area contributed by atoms with Gasteiger partial charge >= 0.3 is 0 Å². The van der Waals surface area contributed by atoms with Crippen molar-refractivity contribution >= 4 is 11.7 Å². The van der Waals surface area contributed by atoms with Gasteiger partial charge in [-0.1, -0.05) is 91.0 Å². The number of ketones is 1. The van der Waals surface area contributed by atoms with Crippen molar-refractivity contribution in [3.05, 3.63) is 108 Å². The zero-order valence-electron chi connectivity index (χ0n) is 18.5. The average Bonchev–Trinajstić information content (AvgIpc) is 2.84. The van der Waals surface area contributed by atoms with Crippen molar-refractivity contribution < 1.29 is 23.8 Å². The Morgan fingerprint density at radius 1 is 0.667 bits per heavy atom. The van der Waals surface area contributed by atoms with Gasteiger partial charge in [-0.3, -0.25) is 9.59 Å². The molecule has 0 fully saturated rings. The summed E-state index contributed by atoms with van der Waals surface area (Å²) in [5, 5.41) is 0. The first-order valence-electron chi connectivity index (χ1n) is 10.9. The highest BCUT2D eigenvalue weighted by Gasteiger charge is 2.31. The first-order valence-corrected chi connectivity index (χ1v) is 10.9. The van der Waals surface area contributed by atoms with E-state index in [9.17, 15) is 9.59 Å². The summed E-state index contributed by atoms with van der Waals surface area (Å²) in [4.78, 5) is 24.9. The van der Waals surface area contributed by atoms with Crippen molar-refractivity contribution in [1.82, 2.24) is 0 Å². The molecule has 0 heterocycles. The van der Waals surface area contributed by atoms with E-state index < -0.39 is 18.1 Å². The number of ether oxygens (including phenoxy) is 3. The van der Waals surface area contributed by atoms with E-state index >= 15 is 0 Å². The van der Waals surface area contributed by atoms with Gasteiger partial charge in [-0.05, 0) is 16.7 Å². The van der Waals surface area contributed by atoms with Crippen LogP contribution in [0.4, 0.5) is 0 Å². The van der Waals surface area contributed by atoms with Gasteiger partial charge in [0.05, 0.1) is 26.2 Å². The van der Waals surface area contributed by atoms with Gasteiger partial charge in [0.15, 0.2) is 5.78 Å². The number of carbonyl (C=O) groups excluding carboxylic acids is 2. The van der Waals surface area contributed by atoms with Crippen molar-refractivity contribution in [2.75, 3.05) is 6.61 Å². The molecule has 0 saturated heterocycles. The predicted octanol–water partition coefficient (Wildman–Crippen LogP) is 3.82. The van der Waals surface area contributed by atoms with Crippen LogP contribution in [-0.4, -0.2) is 30.5 Å². The Hall–Kier alpha value is -3.32. The number of carbonyl (C=O) groups is 2. The molecule has 33 heavy (non-hydrogen) atoms. The van der Waals surface area contributed by atoms with E-state index in [4.69, 9.17) is 19.9 Å². The van der Waals surface area contributed by atoms with Crippen LogP contribution in [0.25, 0.3) is 0 Å². The summed E-state index contributed by atoms with van der Waals surface area (Å²) < 4.78 is 17.6. The monoisotopic (exact) mass is 447 g/mol. The summed E-state index contributed by atoms with van der Waals surface area (Å²) in [5.74, 6) is -0.874. The summed E-state index contributed by atoms with van der Waals surface area (Å²) in [6, 6.07) is 28.6. The highest BCUT2D eigenvalue weighted by Crippen LogP contribution is 2.16. The lowest BCUT2D eigenvalue weighted by atomic mass is 10.1. The fraction of sp³-hybridized carbons (Fsp3) is 0.259. The first kappa shape index (κ1) is 24.3. The predicted molar refractivity (Wildman–Crippen MR) is 125 cm³/mol. The van der Waals surface area contributed by atoms with Crippen molar-refractivity contribution in [3.8, 4) is 0 Å². The summed E-state index contributed by atoms with van der Waals surface area (Å²) >= 11 is 0. The lowest BCUT2D eigenvalue weighted by Crippen LogP contribution is -2.42. The van der Waals surface area contributed by atoms with Crippen LogP contribution in [0, 0.1) is 0 Å². The zero-order valence-corrected chi connectivity index (χ0v) is 18.5. The van der Waals surface area contributed by atoms with Crippen LogP contribution in [0.1, 0.15) is 23.1 Å². The molecule has 3 aromatic rings. The molecule has 0 aliphatic heterocycles. The van der Waals surface area contributed by atoms with E-state index in [2.05, 4.69) is 0 Å². The minimum Gasteiger partial charge on any atom is -0.370 e. The maximum absolute atomic E-state index is 13.1. The van der Waals surface area contributed by atoms with Gasteiger partial charge in [0.1, 0.15) is 18.8 Å². The van der Waals surface area contributed by atoms with Crippen LogP contribution in [0.5, 0.6) is 0 Å². The number of nitrogens with two attached hydrogens (primary N) is 1. The Morgan fingerprint density at radius 3 is 1.61 bits per heavy atom. The maximum atomic E-state index is 13.1. The SMILES string of the molecule is NC(=O)C[C@@H](OCc1ccccc1)[C@H](OCc1ccccc1)C(=O)COCc1ccccc1. The summed E-state index contributed by atoms with van der Waals surface area (Å²) in [6.07, 6.45) is -1.98. The fourth-order valence-electron chi connectivity index (χ4n) is 3.32. The fourth-order valence-corrected chi connectivity index (χ4v) is 3.32. The molecule has 0 aromatic heterocycles. The third-order valence-corrected chi connectivity index (χ3v) is 4.99. The molecule has 0 spiro atoms. The summed E-state index contributed by atoms with van der Waals surface area (Å²) in [7, 11) is 0. The van der Waals surface area contributed by atoms with Gasteiger partial charge in [-0.15, -0.1) is 0 Å². The second-order valence-corrected chi connectivity index (χ2v) is 7.67. The van der Waals surface area contributed by atoms with Gasteiger partial charge in [0.25, 0.3) is 0 Å². The van der Waals surface area contributed by atoms with Crippen LogP contribution in [-0.2, 0) is 43.6 Å². The number of amides is 1. The molecule has 0 unspecified atom stereocenters. The third kappa shape index (κ3) is 8.61. The van der Waals surface area contributed by atoms with Crippen molar-refractivity contribution in [3.63, 3.8) is 0 Å². The average molecular weight is 448 g/mol. The van der Waals surface area contributed by atoms with Crippen LogP contribution < -0.4 is 5.73 Å². The number of Topliss-reactive ketones (excluding diaryl/α,β-unsaturated/α-hetero) is 1. The maximum Gasteiger partial charge on any atom is 0.220 e. The zero-order chi connectivity index (χ0) is 23.3. The highest BCUT2D eigenvalue weighted by atomic mass is 16.5. The molecule has 0 bridgehead atoms. The normalized spacial score (nSPS) is 12.7. The quantitative estimate of drug-likeness (QED) is 0.406. The highest BCUT2D eigenvalue weighted by molar-refractivity contribution is 5.86. The number of hydrogen-bond donors (Lipinski definition) is 1. The van der Waals surface area contributed by atoms with E-state index in [0.29, 0.717) is 6.61 Å². The number of hydrogen-bond acceptors (Lipinski definition) is 5. The van der Waals surface area contributed by atoms with Crippen LogP contribution in [0.2, 0.25) is 0 Å². The van der Waals surface area contributed by atoms with Crippen molar-refractivity contribution in [1.29, 1.82) is 0 Å². The molecule has 2 N–H and O–H groups in total. The van der Waals surface area contributed by atoms with Crippen LogP contribution in [0.3, 0.4) is 0 Å². The van der Waals surface area contributed by atoms with E-state index in [1.165, 1.54) is 0 Å². The molecule has 0 radical (unpaired) electrons. The van der Waals surface area contributed by atoms with Gasteiger partial charge in [0.2, 0.25) is 5.91 Å². The number of rotatable bonds is 14. The van der Waals surface area contributed by atoms with Crippen molar-refractivity contribution in [2.45, 2.75) is 38.4 Å². The standard InChI is InChI=1S/C27H29NO5/c28-26(30)16-25(32-18-22-12-6-2-7-13-22)27(33-19-23-14-8-3-9-15-23)24(29)20-31-17-21-10-4-1-5-11-21/h1-15,25,27H,16-20H2,(H2,28,30)/t25-,27-/m1/s1. The molecule has 6 heteroatoms. The van der Waals surface area contributed by atoms with Gasteiger partial charge in [-0.25, -0.2) is 0 Å². The molecule has 3 rings (SSSR count). The minimum absolute atomic E-state index is 0.142. The summed E-state index contributed by atoms with van der Waals surface area (Å²) in [6.45, 7) is 0.545. The van der Waals surface area contributed by atoms with Crippen LogP contribution >= 0.6 is 0 Å². The number of benzene rings is 3. The molecule has 0 saturated carbocycles. The Bertz CT molecular complexity index is 979. The van der Waals surface area contributed by atoms with Crippen LogP contribution in [0.15, 0.2) is 91.0 Å². The van der Waals surface area contributed by atoms with E-state index in [-0.39, 0.29) is 32.0 Å². The minimum atomic E-state index is -1.00. The van der Waals surface area contributed by atoms with Crippen molar-refractivity contribution in [2.24, 2.45) is 5.73 Å². The van der Waals surface area contributed by atoms with E-state index in [1.54, 1.807) is 0 Å². The lowest BCUT2D eigenvalue weighted by Gasteiger charge is -2.26. The third-order valence-electron chi connectivity index (χ3n) is 4.99. The van der Waals surface area contributed by atoms with Gasteiger partial charge in [-0.2, -0.15) is 0 Å². The Labute approximate surface area is 194 Å². The second kappa shape index (κ2) is 13.3. The molecule has 6 nitrogen and oxygen atoms in total. The molecular weight excluding hydrogens is 418 g/mol. The van der Waals surface area contributed by atoms with E-state index in [1.807, 2.05) is 91.0 Å². The Kier molecular flexibility index (Phi) is 9.79. The molecule has 2 atom stereocenters. The second-order valence-electron chi connectivity index (χ2n) is 7.67. The first-order chi connectivity index (χ1) is 16.1. The molecule has 1 amide bonds. The number of primary amides is 1. The molecular formula is C27H29NO5. The topological polar surface area (TPSA) is 87.9 Å². The Balaban J connectivity index is 1.69. The molecule has 0 aliphatic carbocycles. The van der Waals surface area contributed by atoms with E-state index in [0.717, 1.165) is 16.7 Å². The lowest BCUT2D eigenvalue weighted by molar-refractivity contribution is -0.152. The van der Waals surface area contributed by atoms with Gasteiger partial charge < -0.3 is 19.9 Å². The molecule has 0 aliphatic rings. The smallest absolute Gasteiger partial charge is 0.220 e.